The molecule has 1 N–H and O–H groups in total. The molecule has 0 saturated heterocycles. The molecule has 2 aromatic carbocycles. The number of carboxylic acids is 1. The van der Waals surface area contributed by atoms with Crippen LogP contribution < -0.4 is 0 Å². The summed E-state index contributed by atoms with van der Waals surface area (Å²) in [5.74, 6) is -0.172. The van der Waals surface area contributed by atoms with Crippen molar-refractivity contribution < 1.29 is 9.90 Å². The van der Waals surface area contributed by atoms with Crippen molar-refractivity contribution in [3.05, 3.63) is 65.4 Å². The zero-order valence-corrected chi connectivity index (χ0v) is 13.1. The maximum Gasteiger partial charge on any atom is 0.305 e. The lowest BCUT2D eigenvalue weighted by molar-refractivity contribution is -0.137. The first-order valence-corrected chi connectivity index (χ1v) is 7.60. The molecule has 1 aromatic heterocycles. The van der Waals surface area contributed by atoms with Crippen LogP contribution in [0.25, 0.3) is 17.1 Å². The largest absolute Gasteiger partial charge is 0.481 e. The standard InChI is InChI=1S/C17H15N3O2S/c21-15(22)11-12-19-17(23)20(14-9-5-2-6-10-14)16(18-19)13-7-3-1-4-8-13/h1-10H,11-12H2,(H,21,22). The topological polar surface area (TPSA) is 60.0 Å². The number of hydrogen-bond acceptors (Lipinski definition) is 3. The van der Waals surface area contributed by atoms with Crippen LogP contribution >= 0.6 is 12.2 Å². The van der Waals surface area contributed by atoms with E-state index < -0.39 is 5.97 Å². The van der Waals surface area contributed by atoms with Gasteiger partial charge in [0.25, 0.3) is 0 Å². The van der Waals surface area contributed by atoms with E-state index in [0.29, 0.717) is 10.6 Å². The van der Waals surface area contributed by atoms with Crippen molar-refractivity contribution in [3.63, 3.8) is 0 Å². The van der Waals surface area contributed by atoms with Crippen molar-refractivity contribution in [2.45, 2.75) is 13.0 Å². The van der Waals surface area contributed by atoms with Crippen LogP contribution in [0.5, 0.6) is 0 Å². The molecule has 3 aromatic rings. The third kappa shape index (κ3) is 3.22. The van der Waals surface area contributed by atoms with Gasteiger partial charge < -0.3 is 5.11 Å². The Kier molecular flexibility index (Phi) is 4.34. The number of nitrogens with zero attached hydrogens (tertiary/aromatic N) is 3. The summed E-state index contributed by atoms with van der Waals surface area (Å²) in [6, 6.07) is 19.4. The Labute approximate surface area is 138 Å². The van der Waals surface area contributed by atoms with Gasteiger partial charge in [0.05, 0.1) is 13.0 Å². The summed E-state index contributed by atoms with van der Waals surface area (Å²) < 4.78 is 3.92. The summed E-state index contributed by atoms with van der Waals surface area (Å²) in [7, 11) is 0. The Bertz CT molecular complexity index is 870. The molecule has 0 spiro atoms. The summed E-state index contributed by atoms with van der Waals surface area (Å²) in [6.45, 7) is 0.244. The monoisotopic (exact) mass is 325 g/mol. The number of aryl methyl sites for hydroxylation is 1. The van der Waals surface area contributed by atoms with E-state index in [-0.39, 0.29) is 13.0 Å². The van der Waals surface area contributed by atoms with Crippen molar-refractivity contribution >= 4 is 18.2 Å². The van der Waals surface area contributed by atoms with Crippen molar-refractivity contribution in [1.29, 1.82) is 0 Å². The zero-order chi connectivity index (χ0) is 16.2. The molecule has 0 saturated carbocycles. The second-order valence-electron chi connectivity index (χ2n) is 5.01. The Morgan fingerprint density at radius 2 is 1.65 bits per heavy atom. The lowest BCUT2D eigenvalue weighted by atomic mass is 10.2. The quantitative estimate of drug-likeness (QED) is 0.729. The van der Waals surface area contributed by atoms with Gasteiger partial charge in [0.15, 0.2) is 5.82 Å². The van der Waals surface area contributed by atoms with Gasteiger partial charge in [-0.3, -0.25) is 9.36 Å². The van der Waals surface area contributed by atoms with E-state index in [9.17, 15) is 4.79 Å². The van der Waals surface area contributed by atoms with Crippen LogP contribution in [0.4, 0.5) is 0 Å². The van der Waals surface area contributed by atoms with E-state index in [1.54, 1.807) is 4.68 Å². The molecule has 3 rings (SSSR count). The van der Waals surface area contributed by atoms with Crippen molar-refractivity contribution in [2.75, 3.05) is 0 Å². The first-order chi connectivity index (χ1) is 11.2. The maximum absolute atomic E-state index is 10.8. The predicted molar refractivity (Wildman–Crippen MR) is 90.1 cm³/mol. The third-order valence-corrected chi connectivity index (χ3v) is 3.82. The number of aromatic nitrogens is 3. The summed E-state index contributed by atoms with van der Waals surface area (Å²) >= 11 is 5.52. The van der Waals surface area contributed by atoms with E-state index in [1.165, 1.54) is 0 Å². The summed E-state index contributed by atoms with van der Waals surface area (Å²) in [6.07, 6.45) is -0.0195. The smallest absolute Gasteiger partial charge is 0.305 e. The number of benzene rings is 2. The molecular weight excluding hydrogens is 310 g/mol. The highest BCUT2D eigenvalue weighted by atomic mass is 32.1. The van der Waals surface area contributed by atoms with Crippen molar-refractivity contribution in [2.24, 2.45) is 0 Å². The van der Waals surface area contributed by atoms with E-state index in [4.69, 9.17) is 17.3 Å². The van der Waals surface area contributed by atoms with E-state index in [2.05, 4.69) is 5.10 Å². The molecular formula is C17H15N3O2S. The Balaban J connectivity index is 2.15. The number of carbonyl (C=O) groups is 1. The maximum atomic E-state index is 10.8. The minimum absolute atomic E-state index is 0.0195. The molecule has 1 heterocycles. The molecule has 23 heavy (non-hydrogen) atoms. The normalized spacial score (nSPS) is 10.6. The Morgan fingerprint density at radius 1 is 1.04 bits per heavy atom. The van der Waals surface area contributed by atoms with Crippen molar-refractivity contribution in [3.8, 4) is 17.1 Å². The molecule has 0 atom stereocenters. The molecule has 0 bridgehead atoms. The second-order valence-corrected chi connectivity index (χ2v) is 5.38. The molecule has 0 aliphatic carbocycles. The number of carboxylic acid groups (broad SMARTS) is 1. The molecule has 6 heteroatoms. The first kappa shape index (κ1) is 15.2. The molecule has 0 aliphatic rings. The predicted octanol–water partition coefficient (Wildman–Crippen LogP) is 3.54. The molecule has 0 fully saturated rings. The molecule has 116 valence electrons. The van der Waals surface area contributed by atoms with Crippen molar-refractivity contribution in [1.82, 2.24) is 14.3 Å². The van der Waals surface area contributed by atoms with Gasteiger partial charge in [0.1, 0.15) is 0 Å². The minimum atomic E-state index is -0.873. The van der Waals surface area contributed by atoms with Crippen LogP contribution in [0.3, 0.4) is 0 Å². The van der Waals surface area contributed by atoms with Crippen LogP contribution in [-0.4, -0.2) is 25.4 Å². The van der Waals surface area contributed by atoms with Gasteiger partial charge >= 0.3 is 5.97 Å². The average molecular weight is 325 g/mol. The van der Waals surface area contributed by atoms with Gasteiger partial charge in [-0.05, 0) is 24.4 Å². The Hall–Kier alpha value is -2.73. The SMILES string of the molecule is O=C(O)CCn1nc(-c2ccccc2)n(-c2ccccc2)c1=S. The molecule has 0 unspecified atom stereocenters. The van der Waals surface area contributed by atoms with Gasteiger partial charge in [-0.25, -0.2) is 4.68 Å². The van der Waals surface area contributed by atoms with Gasteiger partial charge in [0.2, 0.25) is 4.77 Å². The van der Waals surface area contributed by atoms with Crippen LogP contribution in [-0.2, 0) is 11.3 Å². The highest BCUT2D eigenvalue weighted by Gasteiger charge is 2.14. The van der Waals surface area contributed by atoms with Gasteiger partial charge in [-0.1, -0.05) is 48.5 Å². The molecule has 5 nitrogen and oxygen atoms in total. The molecule has 0 aliphatic heterocycles. The minimum Gasteiger partial charge on any atom is -0.481 e. The summed E-state index contributed by atoms with van der Waals surface area (Å²) in [4.78, 5) is 10.8. The fourth-order valence-corrected chi connectivity index (χ4v) is 2.66. The number of hydrogen-bond donors (Lipinski definition) is 1. The lowest BCUT2D eigenvalue weighted by Gasteiger charge is -2.06. The summed E-state index contributed by atoms with van der Waals surface area (Å²) in [5, 5.41) is 13.4. The number of rotatable bonds is 5. The van der Waals surface area contributed by atoms with E-state index in [0.717, 1.165) is 11.3 Å². The van der Waals surface area contributed by atoms with E-state index in [1.807, 2.05) is 65.2 Å². The Morgan fingerprint density at radius 3 is 2.26 bits per heavy atom. The van der Waals surface area contributed by atoms with Crippen LogP contribution in [0, 0.1) is 4.77 Å². The molecule has 0 amide bonds. The van der Waals surface area contributed by atoms with Crippen LogP contribution in [0.1, 0.15) is 6.42 Å². The highest BCUT2D eigenvalue weighted by Crippen LogP contribution is 2.22. The van der Waals surface area contributed by atoms with Gasteiger partial charge in [-0.15, -0.1) is 0 Å². The average Bonchev–Trinajstić information content (AvgIpc) is 2.91. The first-order valence-electron chi connectivity index (χ1n) is 7.19. The van der Waals surface area contributed by atoms with Crippen LogP contribution in [0.2, 0.25) is 0 Å². The molecule has 0 radical (unpaired) electrons. The van der Waals surface area contributed by atoms with Gasteiger partial charge in [0, 0.05) is 11.3 Å². The lowest BCUT2D eigenvalue weighted by Crippen LogP contribution is -2.06. The number of aliphatic carboxylic acids is 1. The fraction of sp³-hybridized carbons (Fsp3) is 0.118. The van der Waals surface area contributed by atoms with E-state index >= 15 is 0 Å². The van der Waals surface area contributed by atoms with Gasteiger partial charge in [-0.2, -0.15) is 5.10 Å². The fourth-order valence-electron chi connectivity index (χ4n) is 2.34. The number of para-hydroxylation sites is 1. The third-order valence-electron chi connectivity index (χ3n) is 3.42. The van der Waals surface area contributed by atoms with Crippen LogP contribution in [0.15, 0.2) is 60.7 Å². The second kappa shape index (κ2) is 6.58. The zero-order valence-electron chi connectivity index (χ0n) is 12.3. The highest BCUT2D eigenvalue weighted by molar-refractivity contribution is 7.71. The summed E-state index contributed by atoms with van der Waals surface area (Å²) in [5.41, 5.74) is 1.83.